The van der Waals surface area contributed by atoms with Gasteiger partial charge in [-0.15, -0.1) is 11.3 Å². The van der Waals surface area contributed by atoms with Gasteiger partial charge in [-0.05, 0) is 43.3 Å². The summed E-state index contributed by atoms with van der Waals surface area (Å²) in [5.74, 6) is -2.18. The molecule has 0 aliphatic carbocycles. The van der Waals surface area contributed by atoms with Crippen LogP contribution in [0.2, 0.25) is 0 Å². The lowest BCUT2D eigenvalue weighted by atomic mass is 9.90. The van der Waals surface area contributed by atoms with Gasteiger partial charge in [-0.1, -0.05) is 37.6 Å². The molecule has 1 aromatic heterocycles. The maximum Gasteiger partial charge on any atom is 0.312 e. The number of aryl methyl sites for hydroxylation is 1. The Morgan fingerprint density at radius 3 is 2.56 bits per heavy atom. The first-order chi connectivity index (χ1) is 15.2. The van der Waals surface area contributed by atoms with E-state index in [1.165, 1.54) is 11.3 Å². The normalized spacial score (nSPS) is 20.0. The van der Waals surface area contributed by atoms with Crippen molar-refractivity contribution >= 4 is 34.8 Å². The number of benzene rings is 1. The maximum absolute atomic E-state index is 13.0. The minimum Gasteiger partial charge on any atom is -0.455 e. The smallest absolute Gasteiger partial charge is 0.312 e. The van der Waals surface area contributed by atoms with Crippen LogP contribution in [0.4, 0.5) is 5.69 Å². The lowest BCUT2D eigenvalue weighted by Gasteiger charge is -2.28. The summed E-state index contributed by atoms with van der Waals surface area (Å²) >= 11 is 1.47. The van der Waals surface area contributed by atoms with Crippen molar-refractivity contribution in [1.82, 2.24) is 5.32 Å². The molecule has 1 aliphatic heterocycles. The summed E-state index contributed by atoms with van der Waals surface area (Å²) in [5.41, 5.74) is 0.726. The number of hydrogen-bond donors (Lipinski definition) is 1. The molecule has 2 aromatic rings. The van der Waals surface area contributed by atoms with Gasteiger partial charge in [0.1, 0.15) is 5.54 Å². The Hall–Kier alpha value is -3.18. The number of thiophene rings is 1. The molecular formula is C24H27N3O4S. The largest absolute Gasteiger partial charge is 0.455 e. The summed E-state index contributed by atoms with van der Waals surface area (Å²) in [6, 6.07) is 12.9. The van der Waals surface area contributed by atoms with E-state index in [4.69, 9.17) is 4.74 Å². The number of nitrogens with one attached hydrogen (secondary N) is 1. The average molecular weight is 454 g/mol. The Balaban J connectivity index is 1.77. The number of amides is 2. The van der Waals surface area contributed by atoms with Gasteiger partial charge in [-0.3, -0.25) is 14.4 Å². The second-order valence-electron chi connectivity index (χ2n) is 8.49. The molecule has 3 atom stereocenters. The van der Waals surface area contributed by atoms with Gasteiger partial charge in [0, 0.05) is 17.0 Å². The number of nitriles is 1. The van der Waals surface area contributed by atoms with E-state index in [1.54, 1.807) is 11.8 Å². The van der Waals surface area contributed by atoms with E-state index >= 15 is 0 Å². The predicted octanol–water partition coefficient (Wildman–Crippen LogP) is 3.75. The molecule has 2 heterocycles. The van der Waals surface area contributed by atoms with Crippen molar-refractivity contribution < 1.29 is 19.1 Å². The molecular weight excluding hydrogens is 426 g/mol. The van der Waals surface area contributed by atoms with Crippen LogP contribution in [0.3, 0.4) is 0 Å². The highest BCUT2D eigenvalue weighted by molar-refractivity contribution is 7.10. The molecule has 0 spiro atoms. The van der Waals surface area contributed by atoms with Gasteiger partial charge in [-0.25, -0.2) is 0 Å². The fourth-order valence-corrected chi connectivity index (χ4v) is 4.49. The van der Waals surface area contributed by atoms with E-state index in [1.807, 2.05) is 62.5 Å². The number of anilines is 1. The van der Waals surface area contributed by atoms with Gasteiger partial charge in [0.15, 0.2) is 6.61 Å². The fraction of sp³-hybridized carbons (Fsp3) is 0.417. The maximum atomic E-state index is 13.0. The highest BCUT2D eigenvalue weighted by Crippen LogP contribution is 2.43. The predicted molar refractivity (Wildman–Crippen MR) is 122 cm³/mol. The fourth-order valence-electron chi connectivity index (χ4n) is 3.61. The van der Waals surface area contributed by atoms with Crippen molar-refractivity contribution in [2.45, 2.75) is 45.7 Å². The van der Waals surface area contributed by atoms with Gasteiger partial charge in [0.25, 0.3) is 5.91 Å². The number of carbonyl (C=O) groups is 3. The zero-order chi connectivity index (χ0) is 23.5. The summed E-state index contributed by atoms with van der Waals surface area (Å²) in [4.78, 5) is 40.7. The summed E-state index contributed by atoms with van der Waals surface area (Å²) in [7, 11) is 0. The quantitative estimate of drug-likeness (QED) is 0.644. The topological polar surface area (TPSA) is 99.5 Å². The van der Waals surface area contributed by atoms with Crippen LogP contribution in [0.25, 0.3) is 0 Å². The number of nitrogens with zero attached hydrogens (tertiary/aromatic N) is 2. The number of ether oxygens (including phenoxy) is 1. The highest BCUT2D eigenvalue weighted by atomic mass is 32.1. The molecule has 1 saturated heterocycles. The molecule has 7 nitrogen and oxygen atoms in total. The first-order valence-corrected chi connectivity index (χ1v) is 11.3. The third-order valence-corrected chi connectivity index (χ3v) is 6.85. The van der Waals surface area contributed by atoms with Gasteiger partial charge in [-0.2, -0.15) is 5.26 Å². The van der Waals surface area contributed by atoms with Crippen molar-refractivity contribution in [3.8, 4) is 6.07 Å². The molecule has 3 rings (SSSR count). The van der Waals surface area contributed by atoms with E-state index in [0.717, 1.165) is 10.4 Å². The standard InChI is InChI=1S/C24H27N3O4S/c1-15(2)24(4,14-25)26-20(28)13-31-23(30)18-12-21(29)27(17-9-7-16(3)8-10-17)22(18)19-6-5-11-32-19/h5-11,15,18,22H,12-13H2,1-4H3,(H,26,28). The second kappa shape index (κ2) is 9.53. The van der Waals surface area contributed by atoms with Crippen molar-refractivity contribution in [3.05, 3.63) is 52.2 Å². The van der Waals surface area contributed by atoms with Crippen LogP contribution in [-0.2, 0) is 19.1 Å². The van der Waals surface area contributed by atoms with Crippen LogP contribution in [0.15, 0.2) is 41.8 Å². The van der Waals surface area contributed by atoms with Crippen LogP contribution in [-0.4, -0.2) is 29.9 Å². The average Bonchev–Trinajstić information content (AvgIpc) is 3.40. The SMILES string of the molecule is Cc1ccc(N2C(=O)CC(C(=O)OCC(=O)NC(C)(C#N)C(C)C)C2c2cccs2)cc1. The van der Waals surface area contributed by atoms with Crippen LogP contribution < -0.4 is 10.2 Å². The van der Waals surface area contributed by atoms with Crippen LogP contribution in [0.1, 0.15) is 43.7 Å². The van der Waals surface area contributed by atoms with E-state index in [9.17, 15) is 19.6 Å². The van der Waals surface area contributed by atoms with Crippen LogP contribution in [0.5, 0.6) is 0 Å². The molecule has 32 heavy (non-hydrogen) atoms. The third-order valence-electron chi connectivity index (χ3n) is 5.90. The number of carbonyl (C=O) groups excluding carboxylic acids is 3. The molecule has 1 aromatic carbocycles. The Labute approximate surface area is 192 Å². The first kappa shape index (κ1) is 23.5. The highest BCUT2D eigenvalue weighted by Gasteiger charge is 2.46. The summed E-state index contributed by atoms with van der Waals surface area (Å²) < 4.78 is 5.30. The molecule has 1 N–H and O–H groups in total. The van der Waals surface area contributed by atoms with E-state index < -0.39 is 36.0 Å². The van der Waals surface area contributed by atoms with Crippen molar-refractivity contribution in [2.75, 3.05) is 11.5 Å². The summed E-state index contributed by atoms with van der Waals surface area (Å²) in [6.07, 6.45) is -0.00119. The third kappa shape index (κ3) is 4.83. The Kier molecular flexibility index (Phi) is 6.99. The van der Waals surface area contributed by atoms with Gasteiger partial charge < -0.3 is 15.0 Å². The minimum absolute atomic E-state index is 0.00119. The molecule has 3 unspecified atom stereocenters. The minimum atomic E-state index is -1.06. The lowest BCUT2D eigenvalue weighted by Crippen LogP contribution is -2.50. The van der Waals surface area contributed by atoms with Gasteiger partial charge in [0.2, 0.25) is 5.91 Å². The Morgan fingerprint density at radius 2 is 2.00 bits per heavy atom. The number of rotatable bonds is 7. The van der Waals surface area contributed by atoms with E-state index in [2.05, 4.69) is 11.4 Å². The molecule has 168 valence electrons. The van der Waals surface area contributed by atoms with E-state index in [-0.39, 0.29) is 18.2 Å². The Morgan fingerprint density at radius 1 is 1.31 bits per heavy atom. The van der Waals surface area contributed by atoms with E-state index in [0.29, 0.717) is 5.69 Å². The Bertz CT molecular complexity index is 1030. The molecule has 1 aliphatic rings. The van der Waals surface area contributed by atoms with Gasteiger partial charge in [0.05, 0.1) is 18.0 Å². The molecule has 0 saturated carbocycles. The molecule has 0 bridgehead atoms. The van der Waals surface area contributed by atoms with Crippen LogP contribution in [0, 0.1) is 30.1 Å². The van der Waals surface area contributed by atoms with Crippen molar-refractivity contribution in [2.24, 2.45) is 11.8 Å². The second-order valence-corrected chi connectivity index (χ2v) is 9.47. The number of esters is 1. The first-order valence-electron chi connectivity index (χ1n) is 10.5. The summed E-state index contributed by atoms with van der Waals surface area (Å²) in [5, 5.41) is 13.9. The lowest BCUT2D eigenvalue weighted by molar-refractivity contribution is -0.153. The zero-order valence-electron chi connectivity index (χ0n) is 18.6. The number of hydrogen-bond acceptors (Lipinski definition) is 6. The van der Waals surface area contributed by atoms with Crippen LogP contribution >= 0.6 is 11.3 Å². The molecule has 8 heteroatoms. The molecule has 1 fully saturated rings. The van der Waals surface area contributed by atoms with Crippen molar-refractivity contribution in [3.63, 3.8) is 0 Å². The van der Waals surface area contributed by atoms with Gasteiger partial charge >= 0.3 is 5.97 Å². The molecule has 0 radical (unpaired) electrons. The monoisotopic (exact) mass is 453 g/mol. The zero-order valence-corrected chi connectivity index (χ0v) is 19.4. The molecule has 2 amide bonds. The summed E-state index contributed by atoms with van der Waals surface area (Å²) in [6.45, 7) is 6.73. The van der Waals surface area contributed by atoms with Crippen molar-refractivity contribution in [1.29, 1.82) is 5.26 Å².